The van der Waals surface area contributed by atoms with E-state index in [2.05, 4.69) is 31.2 Å². The van der Waals surface area contributed by atoms with Gasteiger partial charge in [0.15, 0.2) is 0 Å². The van der Waals surface area contributed by atoms with Crippen LogP contribution in [0.4, 0.5) is 0 Å². The van der Waals surface area contributed by atoms with E-state index in [1.165, 1.54) is 17.4 Å². The Morgan fingerprint density at radius 2 is 2.09 bits per heavy atom. The molecule has 0 spiro atoms. The molecule has 1 aliphatic heterocycles. The van der Waals surface area contributed by atoms with Crippen LogP contribution in [0, 0.1) is 6.92 Å². The fourth-order valence-corrected chi connectivity index (χ4v) is 3.08. The van der Waals surface area contributed by atoms with Crippen molar-refractivity contribution in [3.63, 3.8) is 0 Å². The van der Waals surface area contributed by atoms with Crippen molar-refractivity contribution in [2.75, 3.05) is 6.54 Å². The van der Waals surface area contributed by atoms with Crippen LogP contribution in [0.15, 0.2) is 41.0 Å². The third-order valence-electron chi connectivity index (χ3n) is 4.33. The number of carbonyl (C=O) groups excluding carboxylic acids is 1. The Morgan fingerprint density at radius 3 is 2.74 bits per heavy atom. The first-order valence-corrected chi connectivity index (χ1v) is 7.81. The lowest BCUT2D eigenvalue weighted by atomic mass is 10.0. The van der Waals surface area contributed by atoms with Crippen molar-refractivity contribution in [3.8, 4) is 0 Å². The van der Waals surface area contributed by atoms with Crippen LogP contribution in [0.2, 0.25) is 0 Å². The van der Waals surface area contributed by atoms with Crippen molar-refractivity contribution in [2.24, 2.45) is 5.73 Å². The molecule has 4 nitrogen and oxygen atoms in total. The second-order valence-electron chi connectivity index (χ2n) is 5.99. The minimum Gasteiger partial charge on any atom is -0.467 e. The molecule has 23 heavy (non-hydrogen) atoms. The summed E-state index contributed by atoms with van der Waals surface area (Å²) in [6, 6.07) is 10.6. The lowest BCUT2D eigenvalue weighted by molar-refractivity contribution is 0.0736. The Morgan fingerprint density at radius 1 is 1.35 bits per heavy atom. The van der Waals surface area contributed by atoms with E-state index in [9.17, 15) is 4.79 Å². The topological polar surface area (TPSA) is 59.5 Å². The van der Waals surface area contributed by atoms with Gasteiger partial charge in [0.25, 0.3) is 5.91 Å². The first-order valence-electron chi connectivity index (χ1n) is 7.81. The van der Waals surface area contributed by atoms with Gasteiger partial charge in [0, 0.05) is 12.6 Å². The lowest BCUT2D eigenvalue weighted by Gasteiger charge is -2.24. The summed E-state index contributed by atoms with van der Waals surface area (Å²) in [5.74, 6) is 0.704. The monoisotopic (exact) mass is 334 g/mol. The Kier molecular flexibility index (Phi) is 5.85. The molecule has 1 amide bonds. The van der Waals surface area contributed by atoms with E-state index in [1.54, 1.807) is 6.07 Å². The van der Waals surface area contributed by atoms with Crippen LogP contribution in [-0.4, -0.2) is 23.4 Å². The molecule has 1 saturated heterocycles. The third-order valence-corrected chi connectivity index (χ3v) is 4.33. The number of amides is 1. The van der Waals surface area contributed by atoms with Gasteiger partial charge in [-0.3, -0.25) is 4.79 Å². The van der Waals surface area contributed by atoms with Gasteiger partial charge in [-0.25, -0.2) is 0 Å². The zero-order valence-electron chi connectivity index (χ0n) is 13.3. The quantitative estimate of drug-likeness (QED) is 0.933. The van der Waals surface area contributed by atoms with Crippen LogP contribution in [-0.2, 0) is 13.0 Å². The molecular weight excluding hydrogens is 312 g/mol. The standard InChI is InChI=1S/C18H22N2O2.ClH/c1-13-4-6-14(7-5-13)9-16-3-2-8-20(16)18(21)15-10-17(11-19)22-12-15;/h4-7,10,12,16H,2-3,8-9,11,19H2,1H3;1H. The summed E-state index contributed by atoms with van der Waals surface area (Å²) < 4.78 is 5.29. The number of hydrogen-bond donors (Lipinski definition) is 1. The molecule has 0 radical (unpaired) electrons. The van der Waals surface area contributed by atoms with Crippen molar-refractivity contribution < 1.29 is 9.21 Å². The van der Waals surface area contributed by atoms with E-state index < -0.39 is 0 Å². The van der Waals surface area contributed by atoms with Gasteiger partial charge in [-0.1, -0.05) is 29.8 Å². The molecule has 5 heteroatoms. The SMILES string of the molecule is Cc1ccc(CC2CCCN2C(=O)c2coc(CN)c2)cc1.Cl. The fourth-order valence-electron chi connectivity index (χ4n) is 3.08. The largest absolute Gasteiger partial charge is 0.467 e. The highest BCUT2D eigenvalue weighted by molar-refractivity contribution is 5.94. The van der Waals surface area contributed by atoms with E-state index in [0.29, 0.717) is 17.9 Å². The summed E-state index contributed by atoms with van der Waals surface area (Å²) in [5.41, 5.74) is 8.69. The first-order chi connectivity index (χ1) is 10.7. The number of aryl methyl sites for hydroxylation is 1. The summed E-state index contributed by atoms with van der Waals surface area (Å²) in [7, 11) is 0. The average Bonchev–Trinajstić information content (AvgIpc) is 3.18. The zero-order chi connectivity index (χ0) is 15.5. The highest BCUT2D eigenvalue weighted by Gasteiger charge is 2.30. The number of furan rings is 1. The van der Waals surface area contributed by atoms with Crippen LogP contribution < -0.4 is 5.73 Å². The molecule has 1 aliphatic rings. The summed E-state index contributed by atoms with van der Waals surface area (Å²) in [5, 5.41) is 0. The maximum atomic E-state index is 12.7. The Labute approximate surface area is 143 Å². The average molecular weight is 335 g/mol. The minimum absolute atomic E-state index is 0. The number of carbonyl (C=O) groups is 1. The molecule has 0 aliphatic carbocycles. The molecule has 1 aromatic heterocycles. The van der Waals surface area contributed by atoms with Gasteiger partial charge in [0.1, 0.15) is 12.0 Å². The predicted octanol–water partition coefficient (Wildman–Crippen LogP) is 3.32. The van der Waals surface area contributed by atoms with Crippen LogP contribution >= 0.6 is 12.4 Å². The Bertz CT molecular complexity index is 651. The number of halogens is 1. The van der Waals surface area contributed by atoms with Gasteiger partial charge < -0.3 is 15.1 Å². The lowest BCUT2D eigenvalue weighted by Crippen LogP contribution is -2.36. The van der Waals surface area contributed by atoms with Gasteiger partial charge in [0.2, 0.25) is 0 Å². The number of rotatable bonds is 4. The van der Waals surface area contributed by atoms with Gasteiger partial charge in [-0.05, 0) is 37.8 Å². The van der Waals surface area contributed by atoms with Crippen molar-refractivity contribution in [1.82, 2.24) is 4.90 Å². The molecular formula is C18H23ClN2O2. The van der Waals surface area contributed by atoms with Crippen LogP contribution in [0.1, 0.15) is 40.1 Å². The van der Waals surface area contributed by atoms with Crippen LogP contribution in [0.5, 0.6) is 0 Å². The summed E-state index contributed by atoms with van der Waals surface area (Å²) in [4.78, 5) is 14.6. The molecule has 0 bridgehead atoms. The number of likely N-dealkylation sites (tertiary alicyclic amines) is 1. The molecule has 3 rings (SSSR count). The molecule has 1 fully saturated rings. The van der Waals surface area contributed by atoms with Crippen molar-refractivity contribution >= 4 is 18.3 Å². The van der Waals surface area contributed by atoms with E-state index >= 15 is 0 Å². The summed E-state index contributed by atoms with van der Waals surface area (Å²) in [6.45, 7) is 3.22. The van der Waals surface area contributed by atoms with Crippen LogP contribution in [0.3, 0.4) is 0 Å². The van der Waals surface area contributed by atoms with E-state index in [0.717, 1.165) is 25.8 Å². The van der Waals surface area contributed by atoms with Crippen molar-refractivity contribution in [2.45, 2.75) is 38.8 Å². The van der Waals surface area contributed by atoms with Gasteiger partial charge in [0.05, 0.1) is 12.1 Å². The first kappa shape index (κ1) is 17.6. The fraction of sp³-hybridized carbons (Fsp3) is 0.389. The maximum Gasteiger partial charge on any atom is 0.257 e. The Hall–Kier alpha value is -1.78. The van der Waals surface area contributed by atoms with Crippen LogP contribution in [0.25, 0.3) is 0 Å². The smallest absolute Gasteiger partial charge is 0.257 e. The van der Waals surface area contributed by atoms with E-state index in [1.807, 2.05) is 4.90 Å². The highest BCUT2D eigenvalue weighted by Crippen LogP contribution is 2.24. The molecule has 1 unspecified atom stereocenters. The van der Waals surface area contributed by atoms with E-state index in [4.69, 9.17) is 10.2 Å². The maximum absolute atomic E-state index is 12.7. The summed E-state index contributed by atoms with van der Waals surface area (Å²) >= 11 is 0. The zero-order valence-corrected chi connectivity index (χ0v) is 14.1. The molecule has 1 aromatic carbocycles. The van der Waals surface area contributed by atoms with Gasteiger partial charge in [-0.15, -0.1) is 12.4 Å². The molecule has 2 N–H and O–H groups in total. The molecule has 2 aromatic rings. The molecule has 2 heterocycles. The second-order valence-corrected chi connectivity index (χ2v) is 5.99. The second kappa shape index (κ2) is 7.66. The predicted molar refractivity (Wildman–Crippen MR) is 92.8 cm³/mol. The number of hydrogen-bond acceptors (Lipinski definition) is 3. The van der Waals surface area contributed by atoms with Gasteiger partial charge in [-0.2, -0.15) is 0 Å². The molecule has 1 atom stereocenters. The van der Waals surface area contributed by atoms with Crippen molar-refractivity contribution in [3.05, 3.63) is 59.0 Å². The highest BCUT2D eigenvalue weighted by atomic mass is 35.5. The molecule has 124 valence electrons. The normalized spacial score (nSPS) is 17.1. The summed E-state index contributed by atoms with van der Waals surface area (Å²) in [6.07, 6.45) is 4.55. The third kappa shape index (κ3) is 3.95. The minimum atomic E-state index is 0. The van der Waals surface area contributed by atoms with Gasteiger partial charge >= 0.3 is 0 Å². The Balaban J connectivity index is 0.00000192. The van der Waals surface area contributed by atoms with E-state index in [-0.39, 0.29) is 24.4 Å². The van der Waals surface area contributed by atoms with Crippen molar-refractivity contribution in [1.29, 1.82) is 0 Å². The molecule has 0 saturated carbocycles. The number of nitrogens with zero attached hydrogens (tertiary/aromatic N) is 1. The number of benzene rings is 1. The number of nitrogens with two attached hydrogens (primary N) is 1.